The van der Waals surface area contributed by atoms with Crippen molar-refractivity contribution in [2.45, 2.75) is 19.5 Å². The average molecular weight is 354 g/mol. The van der Waals surface area contributed by atoms with Gasteiger partial charge < -0.3 is 14.8 Å². The number of ether oxygens (including phenoxy) is 2. The van der Waals surface area contributed by atoms with E-state index in [0.29, 0.717) is 0 Å². The first-order valence-corrected chi connectivity index (χ1v) is 9.03. The zero-order chi connectivity index (χ0) is 17.6. The molecule has 0 amide bonds. The van der Waals surface area contributed by atoms with Crippen molar-refractivity contribution in [2.75, 3.05) is 14.2 Å². The molecule has 1 heterocycles. The first-order chi connectivity index (χ1) is 12.2. The highest BCUT2D eigenvalue weighted by atomic mass is 32.1. The minimum atomic E-state index is 0.247. The Balaban J connectivity index is 1.71. The Morgan fingerprint density at radius 3 is 2.52 bits per heavy atom. The predicted octanol–water partition coefficient (Wildman–Crippen LogP) is 4.68. The van der Waals surface area contributed by atoms with Gasteiger partial charge in [0, 0.05) is 24.2 Å². The summed E-state index contributed by atoms with van der Waals surface area (Å²) in [5, 5.41) is 6.52. The van der Waals surface area contributed by atoms with Gasteiger partial charge >= 0.3 is 0 Å². The molecule has 25 heavy (non-hydrogen) atoms. The van der Waals surface area contributed by atoms with Gasteiger partial charge in [-0.2, -0.15) is 0 Å². The Bertz CT molecular complexity index is 801. The molecule has 1 atom stereocenters. The van der Waals surface area contributed by atoms with Gasteiger partial charge in [-0.1, -0.05) is 18.2 Å². The van der Waals surface area contributed by atoms with Gasteiger partial charge in [-0.25, -0.2) is 4.98 Å². The topological polar surface area (TPSA) is 43.4 Å². The number of methoxy groups -OCH3 is 2. The second-order valence-electron chi connectivity index (χ2n) is 5.75. The maximum absolute atomic E-state index is 5.48. The van der Waals surface area contributed by atoms with Crippen molar-refractivity contribution in [3.8, 4) is 22.1 Å². The number of aromatic nitrogens is 1. The molecule has 1 N–H and O–H groups in total. The average Bonchev–Trinajstić information content (AvgIpc) is 3.20. The Morgan fingerprint density at radius 2 is 1.88 bits per heavy atom. The predicted molar refractivity (Wildman–Crippen MR) is 102 cm³/mol. The van der Waals surface area contributed by atoms with Crippen molar-refractivity contribution in [1.29, 1.82) is 0 Å². The molecule has 0 unspecified atom stereocenters. The molecule has 4 nitrogen and oxygen atoms in total. The smallest absolute Gasteiger partial charge is 0.129 e. The third-order valence-electron chi connectivity index (χ3n) is 4.15. The van der Waals surface area contributed by atoms with Crippen LogP contribution in [-0.4, -0.2) is 19.2 Å². The van der Waals surface area contributed by atoms with E-state index >= 15 is 0 Å². The summed E-state index contributed by atoms with van der Waals surface area (Å²) >= 11 is 1.62. The Labute approximate surface area is 152 Å². The van der Waals surface area contributed by atoms with Crippen LogP contribution in [0, 0.1) is 0 Å². The van der Waals surface area contributed by atoms with E-state index in [0.717, 1.165) is 28.6 Å². The molecule has 0 bridgehead atoms. The number of benzene rings is 2. The first-order valence-electron chi connectivity index (χ1n) is 8.15. The lowest BCUT2D eigenvalue weighted by Gasteiger charge is -2.16. The molecule has 0 aliphatic rings. The number of thiazole rings is 1. The molecule has 3 aromatic rings. The molecule has 0 saturated carbocycles. The lowest BCUT2D eigenvalue weighted by atomic mass is 10.1. The largest absolute Gasteiger partial charge is 0.497 e. The number of nitrogens with one attached hydrogen (secondary N) is 1. The maximum Gasteiger partial charge on any atom is 0.129 e. The van der Waals surface area contributed by atoms with Crippen molar-refractivity contribution < 1.29 is 9.47 Å². The third kappa shape index (κ3) is 4.18. The monoisotopic (exact) mass is 354 g/mol. The first kappa shape index (κ1) is 17.5. The summed E-state index contributed by atoms with van der Waals surface area (Å²) in [5.41, 5.74) is 3.47. The van der Waals surface area contributed by atoms with E-state index in [-0.39, 0.29) is 6.04 Å². The summed E-state index contributed by atoms with van der Waals surface area (Å²) in [6, 6.07) is 14.6. The SMILES string of the molecule is COc1ccc([C@@H](C)NCc2ccc(OC)c(-c3nccs3)c2)cc1. The highest BCUT2D eigenvalue weighted by molar-refractivity contribution is 7.13. The van der Waals surface area contributed by atoms with E-state index in [9.17, 15) is 0 Å². The van der Waals surface area contributed by atoms with E-state index in [1.54, 1.807) is 25.6 Å². The normalized spacial score (nSPS) is 12.0. The zero-order valence-corrected chi connectivity index (χ0v) is 15.5. The third-order valence-corrected chi connectivity index (χ3v) is 4.96. The number of rotatable bonds is 7. The van der Waals surface area contributed by atoms with Crippen LogP contribution in [0.5, 0.6) is 11.5 Å². The van der Waals surface area contributed by atoms with E-state index in [4.69, 9.17) is 9.47 Å². The summed E-state index contributed by atoms with van der Waals surface area (Å²) in [7, 11) is 3.37. The number of nitrogens with zero attached hydrogens (tertiary/aromatic N) is 1. The van der Waals surface area contributed by atoms with E-state index in [1.165, 1.54) is 11.1 Å². The molecule has 0 fully saturated rings. The molecule has 0 saturated heterocycles. The van der Waals surface area contributed by atoms with Crippen LogP contribution >= 0.6 is 11.3 Å². The molecular formula is C20H22N2O2S. The van der Waals surface area contributed by atoms with Gasteiger partial charge in [0.2, 0.25) is 0 Å². The standard InChI is InChI=1S/C20H22N2O2S/c1-14(16-5-7-17(23-2)8-6-16)22-13-15-4-9-19(24-3)18(12-15)20-21-10-11-25-20/h4-12,14,22H,13H2,1-3H3/t14-/m1/s1. The number of hydrogen-bond acceptors (Lipinski definition) is 5. The quantitative estimate of drug-likeness (QED) is 0.669. The van der Waals surface area contributed by atoms with E-state index in [1.807, 2.05) is 29.8 Å². The van der Waals surface area contributed by atoms with Crippen LogP contribution in [0.3, 0.4) is 0 Å². The van der Waals surface area contributed by atoms with Crippen LogP contribution < -0.4 is 14.8 Å². The lowest BCUT2D eigenvalue weighted by Crippen LogP contribution is -2.18. The fourth-order valence-electron chi connectivity index (χ4n) is 2.67. The Kier molecular flexibility index (Phi) is 5.68. The molecule has 3 rings (SSSR count). The van der Waals surface area contributed by atoms with Gasteiger partial charge in [0.1, 0.15) is 16.5 Å². The Hall–Kier alpha value is -2.37. The summed E-state index contributed by atoms with van der Waals surface area (Å²) in [6.45, 7) is 2.93. The van der Waals surface area contributed by atoms with Gasteiger partial charge in [0.05, 0.1) is 19.8 Å². The summed E-state index contributed by atoms with van der Waals surface area (Å²) in [4.78, 5) is 4.40. The van der Waals surface area contributed by atoms with Crippen molar-refractivity contribution in [3.05, 3.63) is 65.2 Å². The summed E-state index contributed by atoms with van der Waals surface area (Å²) in [6.07, 6.45) is 1.82. The van der Waals surface area contributed by atoms with Crippen molar-refractivity contribution in [3.63, 3.8) is 0 Å². The number of hydrogen-bond donors (Lipinski definition) is 1. The van der Waals surface area contributed by atoms with Crippen LogP contribution in [0.15, 0.2) is 54.0 Å². The highest BCUT2D eigenvalue weighted by Crippen LogP contribution is 2.32. The van der Waals surface area contributed by atoms with Crippen LogP contribution in [-0.2, 0) is 6.54 Å². The minimum absolute atomic E-state index is 0.247. The second-order valence-corrected chi connectivity index (χ2v) is 6.64. The molecule has 130 valence electrons. The van der Waals surface area contributed by atoms with Crippen molar-refractivity contribution >= 4 is 11.3 Å². The van der Waals surface area contributed by atoms with E-state index in [2.05, 4.69) is 41.5 Å². The van der Waals surface area contributed by atoms with E-state index < -0.39 is 0 Å². The van der Waals surface area contributed by atoms with Crippen molar-refractivity contribution in [1.82, 2.24) is 10.3 Å². The zero-order valence-electron chi connectivity index (χ0n) is 14.7. The second kappa shape index (κ2) is 8.14. The molecule has 0 spiro atoms. The summed E-state index contributed by atoms with van der Waals surface area (Å²) in [5.74, 6) is 1.72. The van der Waals surface area contributed by atoms with Gasteiger partial charge in [-0.05, 0) is 42.3 Å². The van der Waals surface area contributed by atoms with Gasteiger partial charge in [0.15, 0.2) is 0 Å². The van der Waals surface area contributed by atoms with Crippen LogP contribution in [0.2, 0.25) is 0 Å². The minimum Gasteiger partial charge on any atom is -0.497 e. The fourth-order valence-corrected chi connectivity index (χ4v) is 3.33. The molecule has 0 aliphatic heterocycles. The van der Waals surface area contributed by atoms with Crippen LogP contribution in [0.25, 0.3) is 10.6 Å². The molecule has 0 radical (unpaired) electrons. The van der Waals surface area contributed by atoms with Gasteiger partial charge in [-0.3, -0.25) is 0 Å². The fraction of sp³-hybridized carbons (Fsp3) is 0.250. The van der Waals surface area contributed by atoms with Gasteiger partial charge in [0.25, 0.3) is 0 Å². The molecule has 5 heteroatoms. The van der Waals surface area contributed by atoms with Crippen LogP contribution in [0.1, 0.15) is 24.1 Å². The molecule has 1 aromatic heterocycles. The van der Waals surface area contributed by atoms with Crippen molar-refractivity contribution in [2.24, 2.45) is 0 Å². The maximum atomic E-state index is 5.48. The highest BCUT2D eigenvalue weighted by Gasteiger charge is 2.11. The van der Waals surface area contributed by atoms with Crippen LogP contribution in [0.4, 0.5) is 0 Å². The molecular weight excluding hydrogens is 332 g/mol. The Morgan fingerprint density at radius 1 is 1.08 bits per heavy atom. The molecule has 2 aromatic carbocycles. The van der Waals surface area contributed by atoms with Gasteiger partial charge in [-0.15, -0.1) is 11.3 Å². The molecule has 0 aliphatic carbocycles. The summed E-state index contributed by atoms with van der Waals surface area (Å²) < 4.78 is 10.7. The lowest BCUT2D eigenvalue weighted by molar-refractivity contribution is 0.414.